The number of nitrogens with zero attached hydrogens (tertiary/aromatic N) is 6. The maximum absolute atomic E-state index is 10.5. The summed E-state index contributed by atoms with van der Waals surface area (Å²) < 4.78 is 0. The molecule has 6 rings (SSSR count). The predicted molar refractivity (Wildman–Crippen MR) is 147 cm³/mol. The van der Waals surface area contributed by atoms with Gasteiger partial charge in [0.1, 0.15) is 17.7 Å². The number of nitriles is 1. The van der Waals surface area contributed by atoms with Gasteiger partial charge < -0.3 is 24.9 Å². The zero-order chi connectivity index (χ0) is 24.5. The molecule has 0 atom stereocenters. The van der Waals surface area contributed by atoms with Gasteiger partial charge in [-0.1, -0.05) is 43.3 Å². The van der Waals surface area contributed by atoms with Gasteiger partial charge >= 0.3 is 0 Å². The SMILES string of the molecule is CCN1CCN(c2nc(N3CCNCC3)c3c(c2C#N)CN(c2cccc4ccccc24)CC3)CC1. The Morgan fingerprint density at radius 3 is 2.36 bits per heavy atom. The summed E-state index contributed by atoms with van der Waals surface area (Å²) in [6.07, 6.45) is 0.906. The van der Waals surface area contributed by atoms with Crippen LogP contribution in [0.25, 0.3) is 10.8 Å². The number of likely N-dealkylation sites (N-methyl/N-ethyl adjacent to an activating group) is 1. The van der Waals surface area contributed by atoms with Crippen molar-refractivity contribution in [3.05, 3.63) is 59.2 Å². The number of hydrogen-bond donors (Lipinski definition) is 1. The number of aromatic nitrogens is 1. The lowest BCUT2D eigenvalue weighted by Gasteiger charge is -2.39. The van der Waals surface area contributed by atoms with Crippen LogP contribution in [0, 0.1) is 11.3 Å². The highest BCUT2D eigenvalue weighted by Crippen LogP contribution is 2.38. The second-order valence-electron chi connectivity index (χ2n) is 10.0. The van der Waals surface area contributed by atoms with Gasteiger partial charge in [-0.3, -0.25) is 0 Å². The molecule has 0 spiro atoms. The molecule has 7 heteroatoms. The molecule has 1 aromatic heterocycles. The highest BCUT2D eigenvalue weighted by molar-refractivity contribution is 5.94. The molecule has 7 nitrogen and oxygen atoms in total. The van der Waals surface area contributed by atoms with Gasteiger partial charge in [0.05, 0.1) is 5.56 Å². The van der Waals surface area contributed by atoms with Crippen molar-refractivity contribution in [1.82, 2.24) is 15.2 Å². The molecular formula is C29H35N7. The van der Waals surface area contributed by atoms with E-state index in [-0.39, 0.29) is 0 Å². The summed E-state index contributed by atoms with van der Waals surface area (Å²) in [4.78, 5) is 15.0. The zero-order valence-corrected chi connectivity index (χ0v) is 21.2. The van der Waals surface area contributed by atoms with Crippen LogP contribution in [0.1, 0.15) is 23.6 Å². The van der Waals surface area contributed by atoms with E-state index in [2.05, 4.69) is 80.4 Å². The van der Waals surface area contributed by atoms with E-state index in [1.165, 1.54) is 27.6 Å². The van der Waals surface area contributed by atoms with Crippen LogP contribution in [-0.4, -0.2) is 75.3 Å². The molecule has 3 aliphatic rings. The van der Waals surface area contributed by atoms with Gasteiger partial charge in [0, 0.05) is 82.1 Å². The number of benzene rings is 2. The molecule has 3 aromatic rings. The molecule has 2 saturated heterocycles. The van der Waals surface area contributed by atoms with E-state index in [4.69, 9.17) is 4.98 Å². The van der Waals surface area contributed by atoms with Crippen molar-refractivity contribution >= 4 is 28.1 Å². The van der Waals surface area contributed by atoms with E-state index in [1.807, 2.05) is 0 Å². The average molecular weight is 482 g/mol. The quantitative estimate of drug-likeness (QED) is 0.614. The van der Waals surface area contributed by atoms with E-state index in [9.17, 15) is 5.26 Å². The Morgan fingerprint density at radius 1 is 0.833 bits per heavy atom. The van der Waals surface area contributed by atoms with Gasteiger partial charge in [-0.25, -0.2) is 4.98 Å². The van der Waals surface area contributed by atoms with Crippen LogP contribution in [0.4, 0.5) is 17.3 Å². The second kappa shape index (κ2) is 9.96. The first kappa shape index (κ1) is 23.1. The Morgan fingerprint density at radius 2 is 1.58 bits per heavy atom. The number of rotatable bonds is 4. The monoisotopic (exact) mass is 481 g/mol. The molecule has 0 bridgehead atoms. The average Bonchev–Trinajstić information content (AvgIpc) is 2.96. The Hall–Kier alpha value is -3.34. The van der Waals surface area contributed by atoms with Crippen molar-refractivity contribution in [2.24, 2.45) is 0 Å². The number of anilines is 3. The molecule has 186 valence electrons. The van der Waals surface area contributed by atoms with Crippen molar-refractivity contribution < 1.29 is 0 Å². The first-order valence-electron chi connectivity index (χ1n) is 13.4. The van der Waals surface area contributed by atoms with E-state index >= 15 is 0 Å². The number of fused-ring (bicyclic) bond motifs is 2. The van der Waals surface area contributed by atoms with Gasteiger partial charge in [0.25, 0.3) is 0 Å². The van der Waals surface area contributed by atoms with E-state index < -0.39 is 0 Å². The molecule has 1 N–H and O–H groups in total. The lowest BCUT2D eigenvalue weighted by Crippen LogP contribution is -2.48. The Balaban J connectivity index is 1.43. The predicted octanol–water partition coefficient (Wildman–Crippen LogP) is 3.22. The smallest absolute Gasteiger partial charge is 0.149 e. The molecule has 0 radical (unpaired) electrons. The summed E-state index contributed by atoms with van der Waals surface area (Å²) >= 11 is 0. The van der Waals surface area contributed by atoms with E-state index in [0.29, 0.717) is 0 Å². The fourth-order valence-electron chi connectivity index (χ4n) is 6.05. The molecular weight excluding hydrogens is 446 g/mol. The Labute approximate surface area is 213 Å². The largest absolute Gasteiger partial charge is 0.366 e. The minimum Gasteiger partial charge on any atom is -0.366 e. The maximum atomic E-state index is 10.5. The van der Waals surface area contributed by atoms with Crippen LogP contribution in [0.2, 0.25) is 0 Å². The van der Waals surface area contributed by atoms with E-state index in [1.54, 1.807) is 0 Å². The fraction of sp³-hybridized carbons (Fsp3) is 0.448. The van der Waals surface area contributed by atoms with Crippen LogP contribution >= 0.6 is 0 Å². The van der Waals surface area contributed by atoms with Crippen LogP contribution in [0.15, 0.2) is 42.5 Å². The number of hydrogen-bond acceptors (Lipinski definition) is 7. The van der Waals surface area contributed by atoms with Crippen LogP contribution < -0.4 is 20.0 Å². The van der Waals surface area contributed by atoms with Crippen molar-refractivity contribution in [3.63, 3.8) is 0 Å². The number of piperazine rings is 2. The summed E-state index contributed by atoms with van der Waals surface area (Å²) in [5.74, 6) is 2.00. The lowest BCUT2D eigenvalue weighted by atomic mass is 9.94. The minimum atomic E-state index is 0.746. The van der Waals surface area contributed by atoms with Gasteiger partial charge in [-0.15, -0.1) is 0 Å². The molecule has 0 saturated carbocycles. The highest BCUT2D eigenvalue weighted by atomic mass is 15.3. The van der Waals surface area contributed by atoms with E-state index in [0.717, 1.165) is 95.6 Å². The summed E-state index contributed by atoms with van der Waals surface area (Å²) in [6, 6.07) is 17.8. The van der Waals surface area contributed by atoms with Crippen LogP contribution in [0.3, 0.4) is 0 Å². The summed E-state index contributed by atoms with van der Waals surface area (Å²) in [6.45, 7) is 12.7. The van der Waals surface area contributed by atoms with Crippen molar-refractivity contribution in [2.75, 3.05) is 80.1 Å². The number of nitrogens with one attached hydrogen (secondary N) is 1. The molecule has 3 aliphatic heterocycles. The Bertz CT molecular complexity index is 1280. The normalized spacial score (nSPS) is 18.8. The molecule has 2 fully saturated rings. The first-order valence-corrected chi connectivity index (χ1v) is 13.4. The molecule has 2 aromatic carbocycles. The Kier molecular flexibility index (Phi) is 6.39. The molecule has 0 amide bonds. The van der Waals surface area contributed by atoms with Gasteiger partial charge in [-0.05, 0) is 30.0 Å². The van der Waals surface area contributed by atoms with Crippen molar-refractivity contribution in [3.8, 4) is 6.07 Å². The standard InChI is InChI=1S/C29H35N7/c1-2-33-16-18-35(19-17-33)29-25(20-30)26-21-36(27-9-5-7-22-6-3-4-8-23(22)27)13-10-24(26)28(32-29)34-14-11-31-12-15-34/h3-9,31H,2,10-19,21H2,1H3. The van der Waals surface area contributed by atoms with Gasteiger partial charge in [0.2, 0.25) is 0 Å². The topological polar surface area (TPSA) is 61.7 Å². The summed E-state index contributed by atoms with van der Waals surface area (Å²) in [7, 11) is 0. The molecule has 4 heterocycles. The summed E-state index contributed by atoms with van der Waals surface area (Å²) in [5, 5.41) is 16.5. The zero-order valence-electron chi connectivity index (χ0n) is 21.2. The molecule has 0 unspecified atom stereocenters. The third-order valence-electron chi connectivity index (χ3n) is 8.11. The molecule has 0 aliphatic carbocycles. The first-order chi connectivity index (χ1) is 17.8. The van der Waals surface area contributed by atoms with Gasteiger partial charge in [0.15, 0.2) is 0 Å². The maximum Gasteiger partial charge on any atom is 0.149 e. The van der Waals surface area contributed by atoms with Crippen LogP contribution in [0.5, 0.6) is 0 Å². The van der Waals surface area contributed by atoms with Crippen LogP contribution in [-0.2, 0) is 13.0 Å². The molecule has 36 heavy (non-hydrogen) atoms. The highest BCUT2D eigenvalue weighted by Gasteiger charge is 2.31. The minimum absolute atomic E-state index is 0.746. The summed E-state index contributed by atoms with van der Waals surface area (Å²) in [5.41, 5.74) is 4.48. The van der Waals surface area contributed by atoms with Gasteiger partial charge in [-0.2, -0.15) is 5.26 Å². The third-order valence-corrected chi connectivity index (χ3v) is 8.11. The second-order valence-corrected chi connectivity index (χ2v) is 10.0. The fourth-order valence-corrected chi connectivity index (χ4v) is 6.05. The van der Waals surface area contributed by atoms with Crippen molar-refractivity contribution in [2.45, 2.75) is 19.9 Å². The third kappa shape index (κ3) is 4.15. The lowest BCUT2D eigenvalue weighted by molar-refractivity contribution is 0.270. The van der Waals surface area contributed by atoms with Crippen molar-refractivity contribution in [1.29, 1.82) is 5.26 Å². The number of pyridine rings is 1.